The van der Waals surface area contributed by atoms with Crippen LogP contribution < -0.4 is 5.32 Å². The number of rotatable bonds is 6. The largest absolute Gasteiger partial charge is 0.322 e. The number of thiazole rings is 1. The quantitative estimate of drug-likeness (QED) is 0.512. The summed E-state index contributed by atoms with van der Waals surface area (Å²) in [5, 5.41) is 14.3. The number of halogens is 1. The zero-order valence-electron chi connectivity index (χ0n) is 16.2. The molecule has 1 saturated carbocycles. The number of non-ortho nitro benzene ring substituents is 1. The summed E-state index contributed by atoms with van der Waals surface area (Å²) in [6.45, 7) is 0.180. The molecule has 1 N–H and O–H groups in total. The summed E-state index contributed by atoms with van der Waals surface area (Å²) in [6.07, 6.45) is 7.55. The van der Waals surface area contributed by atoms with Crippen LogP contribution in [0.2, 0.25) is 4.34 Å². The molecule has 0 saturated heterocycles. The van der Waals surface area contributed by atoms with Crippen LogP contribution in [0.3, 0.4) is 0 Å². The van der Waals surface area contributed by atoms with Crippen LogP contribution in [0.5, 0.6) is 0 Å². The Hall–Kier alpha value is -2.52. The molecule has 1 fully saturated rings. The number of anilines is 1. The van der Waals surface area contributed by atoms with Crippen LogP contribution in [0.15, 0.2) is 24.4 Å². The topological polar surface area (TPSA) is 105 Å². The predicted octanol–water partition coefficient (Wildman–Crippen LogP) is 4.64. The number of fused-ring (bicyclic) bond motifs is 1. The van der Waals surface area contributed by atoms with E-state index in [1.807, 2.05) is 0 Å². The van der Waals surface area contributed by atoms with Crippen molar-refractivity contribution in [2.45, 2.75) is 51.1 Å². The van der Waals surface area contributed by atoms with E-state index in [1.54, 1.807) is 0 Å². The molecule has 2 aromatic rings. The zero-order valence-corrected chi connectivity index (χ0v) is 17.7. The number of nitro groups is 1. The van der Waals surface area contributed by atoms with Crippen molar-refractivity contribution in [3.8, 4) is 0 Å². The van der Waals surface area contributed by atoms with Gasteiger partial charge >= 0.3 is 0 Å². The van der Waals surface area contributed by atoms with Crippen LogP contribution in [0, 0.1) is 16.0 Å². The summed E-state index contributed by atoms with van der Waals surface area (Å²) in [7, 11) is 0. The highest BCUT2D eigenvalue weighted by molar-refractivity contribution is 7.19. The molecule has 0 unspecified atom stereocenters. The van der Waals surface area contributed by atoms with Gasteiger partial charge in [0.2, 0.25) is 5.91 Å². The van der Waals surface area contributed by atoms with Crippen molar-refractivity contribution >= 4 is 45.6 Å². The summed E-state index contributed by atoms with van der Waals surface area (Å²) in [5.74, 6) is -0.212. The van der Waals surface area contributed by atoms with E-state index in [4.69, 9.17) is 11.6 Å². The smallest absolute Gasteiger partial charge is 0.269 e. The number of nitro benzene ring substituents is 1. The Bertz CT molecular complexity index is 989. The van der Waals surface area contributed by atoms with Gasteiger partial charge in [-0.1, -0.05) is 55.0 Å². The number of amides is 2. The first-order valence-corrected chi connectivity index (χ1v) is 11.1. The molecular weight excluding hydrogens is 428 g/mol. The normalized spacial score (nSPS) is 17.6. The molecule has 1 aliphatic carbocycles. The van der Waals surface area contributed by atoms with Gasteiger partial charge in [0.05, 0.1) is 11.1 Å². The van der Waals surface area contributed by atoms with Crippen molar-refractivity contribution in [1.29, 1.82) is 0 Å². The van der Waals surface area contributed by atoms with Gasteiger partial charge in [0.1, 0.15) is 10.4 Å². The van der Waals surface area contributed by atoms with Crippen molar-refractivity contribution < 1.29 is 14.5 Å². The van der Waals surface area contributed by atoms with Crippen molar-refractivity contribution in [3.63, 3.8) is 0 Å². The summed E-state index contributed by atoms with van der Waals surface area (Å²) in [5.41, 5.74) is 0.932. The number of nitrogens with zero attached hydrogens (tertiary/aromatic N) is 3. The van der Waals surface area contributed by atoms with E-state index in [1.165, 1.54) is 35.7 Å². The average Bonchev–Trinajstić information content (AvgIpc) is 3.29. The summed E-state index contributed by atoms with van der Waals surface area (Å²) < 4.78 is 0.464. The Morgan fingerprint density at radius 1 is 1.37 bits per heavy atom. The minimum absolute atomic E-state index is 0.0610. The molecule has 158 valence electrons. The lowest BCUT2D eigenvalue weighted by molar-refractivity contribution is -0.384. The number of aromatic nitrogens is 1. The lowest BCUT2D eigenvalue weighted by Crippen LogP contribution is -2.45. The number of benzene rings is 1. The molecule has 2 amide bonds. The maximum absolute atomic E-state index is 13.2. The molecule has 1 atom stereocenters. The number of hydrogen-bond donors (Lipinski definition) is 1. The highest BCUT2D eigenvalue weighted by Gasteiger charge is 2.38. The first-order chi connectivity index (χ1) is 14.4. The first-order valence-electron chi connectivity index (χ1n) is 9.93. The van der Waals surface area contributed by atoms with Crippen LogP contribution in [0.4, 0.5) is 10.8 Å². The van der Waals surface area contributed by atoms with Crippen LogP contribution >= 0.6 is 22.9 Å². The van der Waals surface area contributed by atoms with Crippen molar-refractivity contribution in [3.05, 3.63) is 50.0 Å². The Kier molecular flexibility index (Phi) is 6.01. The number of nitrogens with one attached hydrogen (secondary N) is 1. The van der Waals surface area contributed by atoms with E-state index >= 15 is 0 Å². The van der Waals surface area contributed by atoms with E-state index in [0.717, 1.165) is 37.0 Å². The van der Waals surface area contributed by atoms with Crippen LogP contribution in [-0.2, 0) is 11.3 Å². The number of carbonyl (C=O) groups excluding carboxylic acids is 2. The fourth-order valence-electron chi connectivity index (χ4n) is 4.31. The minimum Gasteiger partial charge on any atom is -0.322 e. The third-order valence-electron chi connectivity index (χ3n) is 5.80. The van der Waals surface area contributed by atoms with Crippen LogP contribution in [-0.4, -0.2) is 32.7 Å². The van der Waals surface area contributed by atoms with E-state index in [2.05, 4.69) is 10.3 Å². The monoisotopic (exact) mass is 448 g/mol. The summed E-state index contributed by atoms with van der Waals surface area (Å²) in [6, 6.07) is 3.55. The molecule has 0 spiro atoms. The molecule has 1 aromatic heterocycles. The molecule has 2 heterocycles. The molecule has 2 aliphatic rings. The van der Waals surface area contributed by atoms with Gasteiger partial charge in [-0.2, -0.15) is 0 Å². The molecule has 1 aliphatic heterocycles. The van der Waals surface area contributed by atoms with E-state index in [9.17, 15) is 19.7 Å². The van der Waals surface area contributed by atoms with Gasteiger partial charge < -0.3 is 10.2 Å². The lowest BCUT2D eigenvalue weighted by atomic mass is 9.84. The number of carbonyl (C=O) groups is 2. The Morgan fingerprint density at radius 3 is 2.80 bits per heavy atom. The predicted molar refractivity (Wildman–Crippen MR) is 114 cm³/mol. The Labute approximate surface area is 182 Å². The second-order valence-corrected chi connectivity index (χ2v) is 9.41. The third kappa shape index (κ3) is 4.32. The minimum atomic E-state index is -0.672. The second kappa shape index (κ2) is 8.69. The Balaban J connectivity index is 1.58. The average molecular weight is 449 g/mol. The van der Waals surface area contributed by atoms with Gasteiger partial charge in [0.15, 0.2) is 5.13 Å². The molecule has 8 nitrogen and oxygen atoms in total. The highest BCUT2D eigenvalue weighted by Crippen LogP contribution is 2.34. The fourth-order valence-corrected chi connectivity index (χ4v) is 5.13. The molecular formula is C20H21ClN4O4S. The number of hydrogen-bond acceptors (Lipinski definition) is 6. The first kappa shape index (κ1) is 20.7. The van der Waals surface area contributed by atoms with Crippen molar-refractivity contribution in [2.75, 3.05) is 5.32 Å². The van der Waals surface area contributed by atoms with E-state index in [-0.39, 0.29) is 24.0 Å². The highest BCUT2D eigenvalue weighted by atomic mass is 35.5. The molecule has 30 heavy (non-hydrogen) atoms. The molecule has 10 heteroatoms. The van der Waals surface area contributed by atoms with Gasteiger partial charge in [-0.15, -0.1) is 0 Å². The van der Waals surface area contributed by atoms with Crippen LogP contribution in [0.1, 0.15) is 54.4 Å². The summed E-state index contributed by atoms with van der Waals surface area (Å²) >= 11 is 7.08. The Morgan fingerprint density at radius 2 is 2.13 bits per heavy atom. The third-order valence-corrected chi connectivity index (χ3v) is 6.83. The molecule has 1 aromatic carbocycles. The van der Waals surface area contributed by atoms with Crippen molar-refractivity contribution in [1.82, 2.24) is 9.88 Å². The van der Waals surface area contributed by atoms with Gasteiger partial charge in [0.25, 0.3) is 11.6 Å². The zero-order chi connectivity index (χ0) is 21.3. The van der Waals surface area contributed by atoms with Gasteiger partial charge in [-0.05, 0) is 24.0 Å². The van der Waals surface area contributed by atoms with E-state index < -0.39 is 11.0 Å². The maximum Gasteiger partial charge on any atom is 0.269 e. The molecule has 0 radical (unpaired) electrons. The fraction of sp³-hybridized carbons (Fsp3) is 0.450. The van der Waals surface area contributed by atoms with Crippen molar-refractivity contribution in [2.24, 2.45) is 5.92 Å². The maximum atomic E-state index is 13.2. The van der Waals surface area contributed by atoms with E-state index in [0.29, 0.717) is 32.9 Å². The second-order valence-electron chi connectivity index (χ2n) is 7.75. The van der Waals surface area contributed by atoms with Gasteiger partial charge in [-0.25, -0.2) is 4.98 Å². The SMILES string of the molecule is O=C(Nc1ncc(Cl)s1)[C@H](CC1CCCCC1)N1Cc2cc([N+](=O)[O-])ccc2C1=O. The molecule has 0 bridgehead atoms. The lowest BCUT2D eigenvalue weighted by Gasteiger charge is -2.31. The molecule has 4 rings (SSSR count). The van der Waals surface area contributed by atoms with Gasteiger partial charge in [0, 0.05) is 24.2 Å². The van der Waals surface area contributed by atoms with Crippen LogP contribution in [0.25, 0.3) is 0 Å². The van der Waals surface area contributed by atoms with Gasteiger partial charge in [-0.3, -0.25) is 19.7 Å². The standard InChI is InChI=1S/C20H21ClN4O4S/c21-17-10-22-20(30-17)23-18(26)16(8-12-4-2-1-3-5-12)24-11-13-9-14(25(28)29)6-7-15(13)19(24)27/h6-7,9-10,12,16H,1-5,8,11H2,(H,22,23,26)/t16-/m0/s1. The summed E-state index contributed by atoms with van der Waals surface area (Å²) in [4.78, 5) is 42.5.